The van der Waals surface area contributed by atoms with E-state index in [1.54, 1.807) is 0 Å². The van der Waals surface area contributed by atoms with Crippen molar-refractivity contribution in [2.75, 3.05) is 0 Å². The van der Waals surface area contributed by atoms with Crippen molar-refractivity contribution in [1.82, 2.24) is 4.57 Å². The summed E-state index contributed by atoms with van der Waals surface area (Å²) in [4.78, 5) is 5.89. The van der Waals surface area contributed by atoms with E-state index >= 15 is 0 Å². The Kier molecular flexibility index (Phi) is 8.22. The number of fused-ring (bicyclic) bond motifs is 3. The second-order valence-corrected chi connectivity index (χ2v) is 14.3. The highest BCUT2D eigenvalue weighted by Gasteiger charge is 2.26. The first kappa shape index (κ1) is 30.9. The molecule has 1 aromatic heterocycles. The topological polar surface area (TPSA) is 17.3 Å². The maximum atomic E-state index is 5.14. The zero-order valence-electron chi connectivity index (χ0n) is 28.1. The lowest BCUT2D eigenvalue weighted by Gasteiger charge is -2.22. The second kappa shape index (κ2) is 13.3. The molecule has 1 aliphatic heterocycles. The van der Waals surface area contributed by atoms with E-state index in [2.05, 4.69) is 163 Å². The summed E-state index contributed by atoms with van der Waals surface area (Å²) in [5, 5.41) is 1.34. The molecule has 0 fully saturated rings. The summed E-state index contributed by atoms with van der Waals surface area (Å²) >= 11 is 5.14. The summed E-state index contributed by atoms with van der Waals surface area (Å²) in [5.41, 5.74) is 13.8. The van der Waals surface area contributed by atoms with Gasteiger partial charge in [-0.1, -0.05) is 121 Å². The summed E-state index contributed by atoms with van der Waals surface area (Å²) in [6.45, 7) is 0. The van der Waals surface area contributed by atoms with Gasteiger partial charge in [0.25, 0.3) is 0 Å². The lowest BCUT2D eigenvalue weighted by atomic mass is 9.84. The quantitative estimate of drug-likeness (QED) is 0.174. The third kappa shape index (κ3) is 5.70. The Morgan fingerprint density at radius 1 is 0.720 bits per heavy atom. The van der Waals surface area contributed by atoms with Crippen LogP contribution in [0.5, 0.6) is 0 Å². The van der Waals surface area contributed by atoms with E-state index in [1.165, 1.54) is 55.7 Å². The van der Waals surface area contributed by atoms with Crippen molar-refractivity contribution in [3.63, 3.8) is 0 Å². The highest BCUT2D eigenvalue weighted by Crippen LogP contribution is 2.43. The average molecular weight is 665 g/mol. The van der Waals surface area contributed by atoms with Crippen molar-refractivity contribution in [1.29, 1.82) is 0 Å². The van der Waals surface area contributed by atoms with Gasteiger partial charge in [-0.05, 0) is 101 Å². The Labute approximate surface area is 300 Å². The molecule has 0 radical (unpaired) electrons. The van der Waals surface area contributed by atoms with Crippen molar-refractivity contribution in [3.8, 4) is 16.8 Å². The largest absolute Gasteiger partial charge is 0.310 e. The van der Waals surface area contributed by atoms with Crippen molar-refractivity contribution in [3.05, 3.63) is 179 Å². The first-order chi connectivity index (χ1) is 24.7. The van der Waals surface area contributed by atoms with Crippen molar-refractivity contribution < 1.29 is 0 Å². The monoisotopic (exact) mass is 664 g/mol. The molecule has 4 aliphatic rings. The molecule has 0 saturated carbocycles. The normalized spacial score (nSPS) is 20.9. The maximum Gasteiger partial charge on any atom is 0.0664 e. The highest BCUT2D eigenvalue weighted by atomic mass is 32.1. The third-order valence-corrected chi connectivity index (χ3v) is 11.3. The number of thiol groups is 1. The molecule has 50 heavy (non-hydrogen) atoms. The summed E-state index contributed by atoms with van der Waals surface area (Å²) in [7, 11) is 0. The Morgan fingerprint density at radius 2 is 1.62 bits per heavy atom. The van der Waals surface area contributed by atoms with Gasteiger partial charge in [-0.15, -0.1) is 12.6 Å². The molecule has 0 saturated heterocycles. The van der Waals surface area contributed by atoms with Crippen LogP contribution < -0.4 is 0 Å². The van der Waals surface area contributed by atoms with E-state index in [0.29, 0.717) is 11.8 Å². The van der Waals surface area contributed by atoms with Gasteiger partial charge in [0.05, 0.1) is 11.2 Å². The predicted octanol–water partition coefficient (Wildman–Crippen LogP) is 12.2. The Hall–Kier alpha value is -5.12. The molecule has 0 spiro atoms. The molecule has 3 aliphatic carbocycles. The first-order valence-corrected chi connectivity index (χ1v) is 18.4. The Balaban J connectivity index is 1.11. The Bertz CT molecular complexity index is 2310. The summed E-state index contributed by atoms with van der Waals surface area (Å²) in [6, 6.07) is 33.4. The number of hydrogen-bond acceptors (Lipinski definition) is 2. The van der Waals surface area contributed by atoms with E-state index in [-0.39, 0.29) is 5.92 Å². The predicted molar refractivity (Wildman–Crippen MR) is 215 cm³/mol. The first-order valence-electron chi connectivity index (χ1n) is 18.0. The van der Waals surface area contributed by atoms with E-state index in [9.17, 15) is 0 Å². The number of hydrogen-bond donors (Lipinski definition) is 1. The molecule has 3 atom stereocenters. The van der Waals surface area contributed by atoms with Crippen LogP contribution in [0.2, 0.25) is 0 Å². The van der Waals surface area contributed by atoms with Crippen LogP contribution in [-0.4, -0.2) is 10.8 Å². The molecule has 0 bridgehead atoms. The molecule has 9 rings (SSSR count). The zero-order valence-corrected chi connectivity index (χ0v) is 29.0. The fourth-order valence-electron chi connectivity index (χ4n) is 8.20. The van der Waals surface area contributed by atoms with Gasteiger partial charge in [-0.25, -0.2) is 0 Å². The number of rotatable bonds is 6. The van der Waals surface area contributed by atoms with Gasteiger partial charge in [0.15, 0.2) is 0 Å². The van der Waals surface area contributed by atoms with Crippen molar-refractivity contribution in [2.24, 2.45) is 10.9 Å². The van der Waals surface area contributed by atoms with Gasteiger partial charge in [0.2, 0.25) is 0 Å². The maximum absolute atomic E-state index is 5.14. The number of benzene rings is 4. The molecule has 0 amide bonds. The van der Waals surface area contributed by atoms with E-state index in [4.69, 9.17) is 17.6 Å². The lowest BCUT2D eigenvalue weighted by molar-refractivity contribution is 0.801. The van der Waals surface area contributed by atoms with Crippen LogP contribution >= 0.6 is 12.6 Å². The molecule has 2 nitrogen and oxygen atoms in total. The average Bonchev–Trinajstić information content (AvgIpc) is 3.52. The second-order valence-electron chi connectivity index (χ2n) is 13.8. The standard InChI is InChI=1S/C47H40N2S/c50-47-40(34-15-8-3-9-16-34)17-10-18-41(47)38-22-26-46-43(30-38)42-29-36(32-11-4-1-5-12-32)21-25-45(42)49(46)39-23-19-35(20-24-39)44-31-37(27-28-48-44)33-13-6-2-7-14-33/h1,3-6,8-11,13-26,28-29,31-32,37-38,50H,2,7,12,27,30H2. The Morgan fingerprint density at radius 3 is 2.44 bits per heavy atom. The van der Waals surface area contributed by atoms with Gasteiger partial charge in [0.1, 0.15) is 0 Å². The SMILES string of the molecule is Sc1c(-c2ccccc2)cccc1C1C=Cc2c(c3cc(C4C=CC=CC4)ccc3n2-c2ccc(C3=CC(C4=CCCC=C4)CC=N3)cc2)C1. The molecule has 4 aromatic carbocycles. The van der Waals surface area contributed by atoms with Gasteiger partial charge in [-0.2, -0.15) is 0 Å². The summed E-state index contributed by atoms with van der Waals surface area (Å²) < 4.78 is 2.46. The smallest absolute Gasteiger partial charge is 0.0664 e. The fraction of sp³-hybridized carbons (Fsp3) is 0.170. The fourth-order valence-corrected chi connectivity index (χ4v) is 8.64. The number of nitrogens with zero attached hydrogens (tertiary/aromatic N) is 2. The van der Waals surface area contributed by atoms with Gasteiger partial charge in [-0.3, -0.25) is 4.99 Å². The minimum absolute atomic E-state index is 0.236. The van der Waals surface area contributed by atoms with Gasteiger partial charge in [0, 0.05) is 45.6 Å². The number of allylic oxidation sites excluding steroid dienone is 10. The molecule has 244 valence electrons. The van der Waals surface area contributed by atoms with Crippen LogP contribution in [0.15, 0.2) is 161 Å². The highest BCUT2D eigenvalue weighted by molar-refractivity contribution is 7.80. The van der Waals surface area contributed by atoms with Crippen LogP contribution in [0.1, 0.15) is 65.5 Å². The third-order valence-electron chi connectivity index (χ3n) is 10.8. The van der Waals surface area contributed by atoms with E-state index < -0.39 is 0 Å². The minimum Gasteiger partial charge on any atom is -0.310 e. The lowest BCUT2D eigenvalue weighted by Crippen LogP contribution is -2.08. The summed E-state index contributed by atoms with van der Waals surface area (Å²) in [6.07, 6.45) is 30.3. The molecule has 2 heterocycles. The van der Waals surface area contributed by atoms with Crippen molar-refractivity contribution in [2.45, 2.75) is 48.8 Å². The van der Waals surface area contributed by atoms with Crippen LogP contribution in [-0.2, 0) is 6.42 Å². The van der Waals surface area contributed by atoms with Crippen molar-refractivity contribution >= 4 is 41.5 Å². The van der Waals surface area contributed by atoms with Crippen LogP contribution in [0.3, 0.4) is 0 Å². The minimum atomic E-state index is 0.236. The van der Waals surface area contributed by atoms with Gasteiger partial charge < -0.3 is 4.57 Å². The molecule has 5 aromatic rings. The molecular weight excluding hydrogens is 625 g/mol. The molecule has 0 N–H and O–H groups in total. The van der Waals surface area contributed by atoms with Crippen LogP contribution in [0, 0.1) is 5.92 Å². The molecule has 3 unspecified atom stereocenters. The van der Waals surface area contributed by atoms with Gasteiger partial charge >= 0.3 is 0 Å². The molecular formula is C47H40N2S. The summed E-state index contributed by atoms with van der Waals surface area (Å²) in [5.74, 6) is 1.03. The van der Waals surface area contributed by atoms with Crippen LogP contribution in [0.4, 0.5) is 0 Å². The van der Waals surface area contributed by atoms with E-state index in [0.717, 1.165) is 48.3 Å². The number of aromatic nitrogens is 1. The molecule has 3 heteroatoms. The zero-order chi connectivity index (χ0) is 33.4. The van der Waals surface area contributed by atoms with E-state index in [1.807, 2.05) is 0 Å². The van der Waals surface area contributed by atoms with Crippen LogP contribution in [0.25, 0.3) is 39.5 Å². The number of aliphatic imine (C=N–C) groups is 1.